The molecule has 3 heterocycles. The van der Waals surface area contributed by atoms with Gasteiger partial charge in [0.05, 0.1) is 11.7 Å². The second-order valence-electron chi connectivity index (χ2n) is 10.0. The summed E-state index contributed by atoms with van der Waals surface area (Å²) in [6.45, 7) is 2.07. The van der Waals surface area contributed by atoms with Gasteiger partial charge in [0.1, 0.15) is 17.5 Å². The van der Waals surface area contributed by atoms with Gasteiger partial charge in [-0.1, -0.05) is 43.0 Å². The monoisotopic (exact) mass is 508 g/mol. The van der Waals surface area contributed by atoms with Crippen molar-refractivity contribution in [2.75, 3.05) is 4.90 Å². The van der Waals surface area contributed by atoms with Gasteiger partial charge in [-0.15, -0.1) is 0 Å². The number of pyridine rings is 1. The number of ether oxygens (including phenoxy) is 1. The highest BCUT2D eigenvalue weighted by Gasteiger charge is 2.42. The minimum Gasteiger partial charge on any atom is -0.457 e. The predicted molar refractivity (Wildman–Crippen MR) is 152 cm³/mol. The number of nitrogens with zero attached hydrogens (tertiary/aromatic N) is 3. The van der Waals surface area contributed by atoms with Crippen molar-refractivity contribution >= 4 is 23.0 Å². The van der Waals surface area contributed by atoms with Gasteiger partial charge in [0.2, 0.25) is 0 Å². The van der Waals surface area contributed by atoms with Crippen molar-refractivity contribution in [3.63, 3.8) is 0 Å². The third kappa shape index (κ3) is 4.86. The van der Waals surface area contributed by atoms with Gasteiger partial charge in [0, 0.05) is 29.8 Å². The molecule has 1 aliphatic carbocycles. The first-order valence-corrected chi connectivity index (χ1v) is 13.6. The van der Waals surface area contributed by atoms with Crippen LogP contribution in [0.2, 0.25) is 0 Å². The van der Waals surface area contributed by atoms with Crippen LogP contribution in [-0.4, -0.2) is 14.7 Å². The highest BCUT2D eigenvalue weighted by atomic mass is 32.1. The molecule has 0 radical (unpaired) electrons. The molecule has 0 amide bonds. The van der Waals surface area contributed by atoms with Crippen LogP contribution in [0.5, 0.6) is 11.5 Å². The average molecular weight is 509 g/mol. The van der Waals surface area contributed by atoms with Crippen LogP contribution in [0, 0.1) is 6.92 Å². The van der Waals surface area contributed by atoms with Crippen LogP contribution in [-0.2, 0) is 0 Å². The van der Waals surface area contributed by atoms with Gasteiger partial charge in [-0.25, -0.2) is 0 Å². The summed E-state index contributed by atoms with van der Waals surface area (Å²) >= 11 is 5.95. The van der Waals surface area contributed by atoms with E-state index in [-0.39, 0.29) is 12.1 Å². The zero-order chi connectivity index (χ0) is 25.2. The Morgan fingerprint density at radius 2 is 1.59 bits per heavy atom. The van der Waals surface area contributed by atoms with Gasteiger partial charge in [-0.05, 0) is 92.6 Å². The lowest BCUT2D eigenvalue weighted by atomic mass is 9.94. The molecule has 1 saturated carbocycles. The molecule has 0 unspecified atom stereocenters. The van der Waals surface area contributed by atoms with E-state index in [0.717, 1.165) is 22.9 Å². The van der Waals surface area contributed by atoms with Gasteiger partial charge in [-0.2, -0.15) is 0 Å². The van der Waals surface area contributed by atoms with E-state index in [1.807, 2.05) is 42.6 Å². The maximum absolute atomic E-state index is 6.08. The second-order valence-corrected chi connectivity index (χ2v) is 10.4. The Hall–Kier alpha value is -3.64. The molecule has 1 aliphatic heterocycles. The number of rotatable bonds is 6. The van der Waals surface area contributed by atoms with Gasteiger partial charge in [0.25, 0.3) is 0 Å². The zero-order valence-corrected chi connectivity index (χ0v) is 21.9. The fourth-order valence-electron chi connectivity index (χ4n) is 5.70. The van der Waals surface area contributed by atoms with Crippen molar-refractivity contribution < 1.29 is 4.74 Å². The van der Waals surface area contributed by atoms with Crippen molar-refractivity contribution in [2.45, 2.75) is 57.2 Å². The molecular weight excluding hydrogens is 476 g/mol. The highest BCUT2D eigenvalue weighted by Crippen LogP contribution is 2.43. The molecule has 2 aromatic heterocycles. The molecule has 37 heavy (non-hydrogen) atoms. The molecule has 2 atom stereocenters. The first kappa shape index (κ1) is 23.7. The van der Waals surface area contributed by atoms with E-state index in [0.29, 0.717) is 11.2 Å². The van der Waals surface area contributed by atoms with Crippen molar-refractivity contribution in [3.8, 4) is 11.5 Å². The van der Waals surface area contributed by atoms with E-state index in [1.165, 1.54) is 43.4 Å². The van der Waals surface area contributed by atoms with Crippen LogP contribution in [0.25, 0.3) is 0 Å². The fraction of sp³-hybridized carbons (Fsp3) is 0.290. The molecule has 2 fully saturated rings. The minimum absolute atomic E-state index is 0.0109. The molecule has 0 spiro atoms. The summed E-state index contributed by atoms with van der Waals surface area (Å²) in [4.78, 5) is 6.96. The Labute approximate surface area is 224 Å². The van der Waals surface area contributed by atoms with E-state index in [9.17, 15) is 0 Å². The SMILES string of the molecule is Cc1ccc(Oc2ccc(N3C(=S)N[C@@H](c4ccccn4)[C@@H]3c3cccn3C3CCCCC3)cc2)cc1. The number of hydrogen-bond donors (Lipinski definition) is 1. The molecular formula is C31H32N4OS. The summed E-state index contributed by atoms with van der Waals surface area (Å²) in [5.41, 5.74) is 4.51. The van der Waals surface area contributed by atoms with E-state index in [1.54, 1.807) is 0 Å². The molecule has 5 nitrogen and oxygen atoms in total. The van der Waals surface area contributed by atoms with E-state index in [4.69, 9.17) is 21.9 Å². The maximum Gasteiger partial charge on any atom is 0.174 e. The molecule has 188 valence electrons. The summed E-state index contributed by atoms with van der Waals surface area (Å²) in [6, 6.07) is 27.3. The van der Waals surface area contributed by atoms with E-state index in [2.05, 4.69) is 70.4 Å². The molecule has 1 N–H and O–H groups in total. The number of anilines is 1. The molecule has 2 aromatic carbocycles. The van der Waals surface area contributed by atoms with Gasteiger partial charge in [-0.3, -0.25) is 4.98 Å². The topological polar surface area (TPSA) is 42.3 Å². The van der Waals surface area contributed by atoms with Crippen LogP contribution in [0.1, 0.15) is 67.2 Å². The summed E-state index contributed by atoms with van der Waals surface area (Å²) in [5, 5.41) is 4.31. The largest absolute Gasteiger partial charge is 0.457 e. The van der Waals surface area contributed by atoms with Gasteiger partial charge >= 0.3 is 0 Å². The minimum atomic E-state index is -0.0468. The Morgan fingerprint density at radius 1 is 0.865 bits per heavy atom. The number of benzene rings is 2. The highest BCUT2D eigenvalue weighted by molar-refractivity contribution is 7.80. The number of aryl methyl sites for hydroxylation is 1. The first-order chi connectivity index (χ1) is 18.2. The Kier molecular flexibility index (Phi) is 6.66. The number of aromatic nitrogens is 2. The Balaban J connectivity index is 1.35. The molecule has 2 aliphatic rings. The molecule has 6 heteroatoms. The number of thiocarbonyl (C=S) groups is 1. The Morgan fingerprint density at radius 3 is 2.30 bits per heavy atom. The van der Waals surface area contributed by atoms with Crippen molar-refractivity contribution in [2.24, 2.45) is 0 Å². The van der Waals surface area contributed by atoms with Crippen molar-refractivity contribution in [1.29, 1.82) is 0 Å². The van der Waals surface area contributed by atoms with Gasteiger partial charge in [0.15, 0.2) is 5.11 Å². The lowest BCUT2D eigenvalue weighted by Crippen LogP contribution is -2.31. The van der Waals surface area contributed by atoms with Crippen LogP contribution in [0.15, 0.2) is 91.3 Å². The molecule has 1 saturated heterocycles. The van der Waals surface area contributed by atoms with Crippen molar-refractivity contribution in [1.82, 2.24) is 14.9 Å². The number of nitrogens with one attached hydrogen (secondary N) is 1. The third-order valence-electron chi connectivity index (χ3n) is 7.55. The lowest BCUT2D eigenvalue weighted by molar-refractivity contribution is 0.340. The summed E-state index contributed by atoms with van der Waals surface area (Å²) in [5.74, 6) is 1.63. The van der Waals surface area contributed by atoms with Crippen LogP contribution in [0.4, 0.5) is 5.69 Å². The average Bonchev–Trinajstić information content (AvgIpc) is 3.56. The fourth-order valence-corrected chi connectivity index (χ4v) is 6.05. The van der Waals surface area contributed by atoms with Crippen molar-refractivity contribution in [3.05, 3.63) is 108 Å². The summed E-state index contributed by atoms with van der Waals surface area (Å²) in [6.07, 6.45) is 10.5. The quantitative estimate of drug-likeness (QED) is 0.271. The smallest absolute Gasteiger partial charge is 0.174 e. The standard InChI is InChI=1S/C31H32N4OS/c1-22-12-16-25(17-13-22)36-26-18-14-24(15-19-26)35-30(29(33-31(35)37)27-10-5-6-20-32-27)28-11-7-21-34(28)23-8-3-2-4-9-23/h5-7,10-21,23,29-30H,2-4,8-9H2,1H3,(H,33,37)/t29-,30-/m0/s1. The zero-order valence-electron chi connectivity index (χ0n) is 21.1. The first-order valence-electron chi connectivity index (χ1n) is 13.2. The predicted octanol–water partition coefficient (Wildman–Crippen LogP) is 7.67. The Bertz CT molecular complexity index is 1340. The van der Waals surface area contributed by atoms with Gasteiger partial charge < -0.3 is 19.5 Å². The summed E-state index contributed by atoms with van der Waals surface area (Å²) in [7, 11) is 0. The van der Waals surface area contributed by atoms with Crippen LogP contribution < -0.4 is 15.0 Å². The van der Waals surface area contributed by atoms with Crippen LogP contribution >= 0.6 is 12.2 Å². The summed E-state index contributed by atoms with van der Waals surface area (Å²) < 4.78 is 8.58. The molecule has 0 bridgehead atoms. The van der Waals surface area contributed by atoms with E-state index >= 15 is 0 Å². The normalized spacial score (nSPS) is 20.1. The lowest BCUT2D eigenvalue weighted by Gasteiger charge is -2.32. The number of hydrogen-bond acceptors (Lipinski definition) is 3. The third-order valence-corrected chi connectivity index (χ3v) is 7.87. The molecule has 6 rings (SSSR count). The maximum atomic E-state index is 6.08. The molecule has 4 aromatic rings. The van der Waals surface area contributed by atoms with E-state index < -0.39 is 0 Å². The van der Waals surface area contributed by atoms with Crippen LogP contribution in [0.3, 0.4) is 0 Å². The second kappa shape index (κ2) is 10.4.